The molecule has 3 rings (SSSR count). The molecule has 0 spiro atoms. The third-order valence-corrected chi connectivity index (χ3v) is 3.63. The molecule has 1 atom stereocenters. The number of benzene rings is 1. The number of fused-ring (bicyclic) bond motifs is 1. The molecule has 2 heterocycles. The molecule has 0 saturated carbocycles. The van der Waals surface area contributed by atoms with Crippen molar-refractivity contribution in [2.45, 2.75) is 25.5 Å². The lowest BCUT2D eigenvalue weighted by atomic mass is 9.92. The summed E-state index contributed by atoms with van der Waals surface area (Å²) in [6, 6.07) is 9.23. The van der Waals surface area contributed by atoms with E-state index in [0.29, 0.717) is 0 Å². The Labute approximate surface area is 129 Å². The fourth-order valence-electron chi connectivity index (χ4n) is 2.26. The van der Waals surface area contributed by atoms with Crippen LogP contribution in [0.1, 0.15) is 31.1 Å². The van der Waals surface area contributed by atoms with Crippen molar-refractivity contribution in [3.8, 4) is 11.5 Å². The number of aliphatic imine (C=N–C) groups is 1. The highest BCUT2D eigenvalue weighted by Gasteiger charge is 2.28. The van der Waals surface area contributed by atoms with Crippen LogP contribution in [-0.4, -0.2) is 28.6 Å². The molecule has 114 valence electrons. The smallest absolute Gasteiger partial charge is 0.231 e. The first-order valence-electron chi connectivity index (χ1n) is 7.09. The Bertz CT molecular complexity index is 684. The maximum absolute atomic E-state index is 10.5. The third-order valence-electron chi connectivity index (χ3n) is 3.63. The highest BCUT2D eigenvalue weighted by molar-refractivity contribution is 5.81. The van der Waals surface area contributed by atoms with Crippen LogP contribution in [0.3, 0.4) is 0 Å². The lowest BCUT2D eigenvalue weighted by Crippen LogP contribution is -2.27. The van der Waals surface area contributed by atoms with E-state index in [2.05, 4.69) is 9.98 Å². The predicted molar refractivity (Wildman–Crippen MR) is 83.4 cm³/mol. The lowest BCUT2D eigenvalue weighted by molar-refractivity contribution is 0.106. The Morgan fingerprint density at radius 2 is 1.91 bits per heavy atom. The van der Waals surface area contributed by atoms with Crippen molar-refractivity contribution in [3.05, 3.63) is 53.9 Å². The first-order chi connectivity index (χ1) is 10.6. The Balaban J connectivity index is 1.78. The SMILES string of the molecule is CC(C)(N=Cc1ccc2c(c1)OCO2)C(O)c1ccncc1. The molecule has 5 heteroatoms. The van der Waals surface area contributed by atoms with E-state index in [1.807, 2.05) is 32.0 Å². The second kappa shape index (κ2) is 5.77. The zero-order valence-electron chi connectivity index (χ0n) is 12.6. The van der Waals surface area contributed by atoms with E-state index in [0.717, 1.165) is 22.6 Å². The number of aliphatic hydroxyl groups is 1. The first kappa shape index (κ1) is 14.5. The molecule has 2 aromatic rings. The maximum atomic E-state index is 10.5. The molecular weight excluding hydrogens is 280 g/mol. The third kappa shape index (κ3) is 2.94. The Morgan fingerprint density at radius 1 is 1.18 bits per heavy atom. The van der Waals surface area contributed by atoms with Crippen LogP contribution in [0.4, 0.5) is 0 Å². The quantitative estimate of drug-likeness (QED) is 0.882. The van der Waals surface area contributed by atoms with Gasteiger partial charge in [0.15, 0.2) is 11.5 Å². The molecule has 1 aliphatic rings. The Kier molecular flexibility index (Phi) is 3.81. The van der Waals surface area contributed by atoms with Crippen LogP contribution >= 0.6 is 0 Å². The summed E-state index contributed by atoms with van der Waals surface area (Å²) in [4.78, 5) is 8.50. The van der Waals surface area contributed by atoms with E-state index >= 15 is 0 Å². The number of aromatic nitrogens is 1. The minimum Gasteiger partial charge on any atom is -0.454 e. The van der Waals surface area contributed by atoms with Crippen LogP contribution in [0.15, 0.2) is 47.7 Å². The van der Waals surface area contributed by atoms with Gasteiger partial charge in [-0.25, -0.2) is 0 Å². The molecular formula is C17H18N2O3. The van der Waals surface area contributed by atoms with E-state index in [1.165, 1.54) is 0 Å². The van der Waals surface area contributed by atoms with Crippen LogP contribution in [0.5, 0.6) is 11.5 Å². The van der Waals surface area contributed by atoms with Crippen molar-refractivity contribution in [2.24, 2.45) is 4.99 Å². The van der Waals surface area contributed by atoms with Gasteiger partial charge in [-0.1, -0.05) is 0 Å². The molecule has 0 fully saturated rings. The van der Waals surface area contributed by atoms with Crippen molar-refractivity contribution in [1.29, 1.82) is 0 Å². The summed E-state index contributed by atoms with van der Waals surface area (Å²) in [5, 5.41) is 10.5. The molecule has 1 unspecified atom stereocenters. The molecule has 0 aliphatic carbocycles. The first-order valence-corrected chi connectivity index (χ1v) is 7.09. The van der Waals surface area contributed by atoms with Crippen LogP contribution < -0.4 is 9.47 Å². The van der Waals surface area contributed by atoms with Gasteiger partial charge in [0.1, 0.15) is 6.10 Å². The van der Waals surface area contributed by atoms with Gasteiger partial charge in [-0.05, 0) is 55.3 Å². The largest absolute Gasteiger partial charge is 0.454 e. The number of ether oxygens (including phenoxy) is 2. The molecule has 1 aromatic heterocycles. The summed E-state index contributed by atoms with van der Waals surface area (Å²) in [6.07, 6.45) is 4.36. The van der Waals surface area contributed by atoms with Crippen LogP contribution in [0, 0.1) is 0 Å². The average Bonchev–Trinajstić information content (AvgIpc) is 3.01. The number of hydrogen-bond acceptors (Lipinski definition) is 5. The molecule has 1 aromatic carbocycles. The van der Waals surface area contributed by atoms with Gasteiger partial charge in [-0.15, -0.1) is 0 Å². The Hall–Kier alpha value is -2.40. The minimum atomic E-state index is -0.708. The lowest BCUT2D eigenvalue weighted by Gasteiger charge is -2.26. The summed E-state index contributed by atoms with van der Waals surface area (Å²) in [5.74, 6) is 1.46. The standard InChI is InChI=1S/C17H18N2O3/c1-17(2,16(20)13-5-7-18-8-6-13)19-10-12-3-4-14-15(9-12)22-11-21-14/h3-10,16,20H,11H2,1-2H3. The number of aliphatic hydroxyl groups excluding tert-OH is 1. The van der Waals surface area contributed by atoms with Gasteiger partial charge < -0.3 is 14.6 Å². The number of nitrogens with zero attached hydrogens (tertiary/aromatic N) is 2. The zero-order chi connectivity index (χ0) is 15.6. The van der Waals surface area contributed by atoms with Crippen LogP contribution in [0.25, 0.3) is 0 Å². The average molecular weight is 298 g/mol. The van der Waals surface area contributed by atoms with E-state index in [-0.39, 0.29) is 6.79 Å². The topological polar surface area (TPSA) is 63.9 Å². The molecule has 1 N–H and O–H groups in total. The van der Waals surface area contributed by atoms with E-state index < -0.39 is 11.6 Å². The van der Waals surface area contributed by atoms with Gasteiger partial charge in [-0.3, -0.25) is 9.98 Å². The summed E-state index contributed by atoms with van der Waals surface area (Å²) < 4.78 is 10.6. The Morgan fingerprint density at radius 3 is 2.68 bits per heavy atom. The molecule has 0 saturated heterocycles. The summed E-state index contributed by atoms with van der Waals surface area (Å²) >= 11 is 0. The molecule has 0 amide bonds. The number of hydrogen-bond donors (Lipinski definition) is 1. The second-order valence-electron chi connectivity index (χ2n) is 5.71. The van der Waals surface area contributed by atoms with Gasteiger partial charge >= 0.3 is 0 Å². The van der Waals surface area contributed by atoms with Crippen molar-refractivity contribution < 1.29 is 14.6 Å². The van der Waals surface area contributed by atoms with Crippen molar-refractivity contribution in [2.75, 3.05) is 6.79 Å². The normalized spacial score (nSPS) is 15.2. The summed E-state index contributed by atoms with van der Waals surface area (Å²) in [5.41, 5.74) is 1.04. The van der Waals surface area contributed by atoms with Gasteiger partial charge in [0.2, 0.25) is 6.79 Å². The molecule has 1 aliphatic heterocycles. The minimum absolute atomic E-state index is 0.252. The summed E-state index contributed by atoms with van der Waals surface area (Å²) in [6.45, 7) is 4.03. The molecule has 22 heavy (non-hydrogen) atoms. The fourth-order valence-corrected chi connectivity index (χ4v) is 2.26. The van der Waals surface area contributed by atoms with Gasteiger partial charge in [0, 0.05) is 18.6 Å². The van der Waals surface area contributed by atoms with Gasteiger partial charge in [-0.2, -0.15) is 0 Å². The van der Waals surface area contributed by atoms with E-state index in [1.54, 1.807) is 30.7 Å². The van der Waals surface area contributed by atoms with Gasteiger partial charge in [0.05, 0.1) is 5.54 Å². The highest BCUT2D eigenvalue weighted by atomic mass is 16.7. The maximum Gasteiger partial charge on any atom is 0.231 e. The number of rotatable bonds is 4. The number of pyridine rings is 1. The van der Waals surface area contributed by atoms with Crippen molar-refractivity contribution in [1.82, 2.24) is 4.98 Å². The second-order valence-corrected chi connectivity index (χ2v) is 5.71. The predicted octanol–water partition coefficient (Wildman–Crippen LogP) is 2.74. The molecule has 0 radical (unpaired) electrons. The van der Waals surface area contributed by atoms with Crippen molar-refractivity contribution in [3.63, 3.8) is 0 Å². The van der Waals surface area contributed by atoms with Crippen LogP contribution in [0.2, 0.25) is 0 Å². The summed E-state index contributed by atoms with van der Waals surface area (Å²) in [7, 11) is 0. The molecule has 0 bridgehead atoms. The monoisotopic (exact) mass is 298 g/mol. The van der Waals surface area contributed by atoms with Crippen molar-refractivity contribution >= 4 is 6.21 Å². The van der Waals surface area contributed by atoms with E-state index in [9.17, 15) is 5.11 Å². The molecule has 5 nitrogen and oxygen atoms in total. The highest BCUT2D eigenvalue weighted by Crippen LogP contribution is 2.33. The van der Waals surface area contributed by atoms with Crippen LogP contribution in [-0.2, 0) is 0 Å². The van der Waals surface area contributed by atoms with Gasteiger partial charge in [0.25, 0.3) is 0 Å². The van der Waals surface area contributed by atoms with E-state index in [4.69, 9.17) is 9.47 Å². The zero-order valence-corrected chi connectivity index (χ0v) is 12.6. The fraction of sp³-hybridized carbons (Fsp3) is 0.294.